The second-order valence-corrected chi connectivity index (χ2v) is 7.09. The fraction of sp³-hybridized carbons (Fsp3) is 0.167. The number of aryl methyl sites for hydroxylation is 1. The lowest BCUT2D eigenvalue weighted by Crippen LogP contribution is -2.89. The Hall–Kier alpha value is -3.24. The summed E-state index contributed by atoms with van der Waals surface area (Å²) in [7, 11) is 1.69. The van der Waals surface area contributed by atoms with Gasteiger partial charge in [-0.2, -0.15) is 0 Å². The van der Waals surface area contributed by atoms with Crippen LogP contribution in [0.4, 0.5) is 0 Å². The Morgan fingerprint density at radius 2 is 1.57 bits per heavy atom. The average Bonchev–Trinajstić information content (AvgIpc) is 2.74. The third kappa shape index (κ3) is 3.59. The zero-order valence-corrected chi connectivity index (χ0v) is 16.1. The predicted molar refractivity (Wildman–Crippen MR) is 111 cm³/mol. The van der Waals surface area contributed by atoms with Crippen LogP contribution in [-0.2, 0) is 0 Å². The summed E-state index contributed by atoms with van der Waals surface area (Å²) >= 11 is 0. The summed E-state index contributed by atoms with van der Waals surface area (Å²) in [4.78, 5) is 0. The lowest BCUT2D eigenvalue weighted by atomic mass is 9.97. The van der Waals surface area contributed by atoms with E-state index in [1.807, 2.05) is 36.4 Å². The minimum Gasteiger partial charge on any atom is -0.507 e. The lowest BCUT2D eigenvalue weighted by molar-refractivity contribution is -0.731. The zero-order valence-electron chi connectivity index (χ0n) is 16.1. The number of quaternary nitrogens is 1. The third-order valence-electron chi connectivity index (χ3n) is 5.19. The standard InChI is InChI=1S/C24H24N2O2/c1-16-11-13-17(14-12-16)20-15-21(18-7-3-5-9-22(18)27)26-24(25-20)19-8-4-6-10-23(19)28-2/h3-15,21,24-27H,1-2H3/p+1. The summed E-state index contributed by atoms with van der Waals surface area (Å²) in [5.41, 5.74) is 5.37. The number of phenolic OH excluding ortho intramolecular Hbond substituents is 1. The number of para-hydroxylation sites is 2. The monoisotopic (exact) mass is 373 g/mol. The van der Waals surface area contributed by atoms with Crippen LogP contribution >= 0.6 is 0 Å². The molecule has 4 nitrogen and oxygen atoms in total. The number of nitrogens with two attached hydrogens (primary N) is 1. The van der Waals surface area contributed by atoms with Crippen molar-refractivity contribution in [1.29, 1.82) is 0 Å². The number of benzene rings is 3. The molecule has 4 N–H and O–H groups in total. The highest BCUT2D eigenvalue weighted by molar-refractivity contribution is 5.66. The summed E-state index contributed by atoms with van der Waals surface area (Å²) in [5.74, 6) is 1.15. The molecule has 0 saturated heterocycles. The Morgan fingerprint density at radius 3 is 2.29 bits per heavy atom. The molecular formula is C24H25N2O2+. The SMILES string of the molecule is COc1ccccc1C1NC(c2ccc(C)cc2)=CC(c2ccccc2O)[NH2+]1. The Morgan fingerprint density at radius 1 is 0.893 bits per heavy atom. The molecule has 0 aliphatic carbocycles. The maximum atomic E-state index is 10.4. The van der Waals surface area contributed by atoms with E-state index in [9.17, 15) is 5.11 Å². The van der Waals surface area contributed by atoms with Crippen molar-refractivity contribution < 1.29 is 15.2 Å². The smallest absolute Gasteiger partial charge is 0.190 e. The molecule has 1 aliphatic rings. The van der Waals surface area contributed by atoms with Gasteiger partial charge < -0.3 is 20.5 Å². The molecule has 2 unspecified atom stereocenters. The van der Waals surface area contributed by atoms with Crippen LogP contribution in [0, 0.1) is 6.92 Å². The summed E-state index contributed by atoms with van der Waals surface area (Å²) in [6, 6.07) is 24.0. The fourth-order valence-electron chi connectivity index (χ4n) is 3.69. The summed E-state index contributed by atoms with van der Waals surface area (Å²) < 4.78 is 5.59. The third-order valence-corrected chi connectivity index (χ3v) is 5.19. The first kappa shape index (κ1) is 18.1. The second kappa shape index (κ2) is 7.79. The number of phenols is 1. The maximum Gasteiger partial charge on any atom is 0.190 e. The first-order chi connectivity index (χ1) is 13.7. The number of hydrogen-bond donors (Lipinski definition) is 3. The number of ether oxygens (including phenoxy) is 1. The molecule has 28 heavy (non-hydrogen) atoms. The number of nitrogens with one attached hydrogen (secondary N) is 1. The van der Waals surface area contributed by atoms with E-state index in [4.69, 9.17) is 4.74 Å². The van der Waals surface area contributed by atoms with Crippen LogP contribution in [0.15, 0.2) is 78.9 Å². The molecule has 142 valence electrons. The van der Waals surface area contributed by atoms with E-state index in [0.29, 0.717) is 5.75 Å². The van der Waals surface area contributed by atoms with E-state index in [-0.39, 0.29) is 12.2 Å². The van der Waals surface area contributed by atoms with Crippen molar-refractivity contribution in [2.24, 2.45) is 0 Å². The van der Waals surface area contributed by atoms with E-state index >= 15 is 0 Å². The van der Waals surface area contributed by atoms with Gasteiger partial charge in [-0.05, 0) is 36.8 Å². The van der Waals surface area contributed by atoms with E-state index in [1.165, 1.54) is 5.56 Å². The van der Waals surface area contributed by atoms with Crippen molar-refractivity contribution in [3.05, 3.63) is 101 Å². The molecule has 4 rings (SSSR count). The van der Waals surface area contributed by atoms with Gasteiger partial charge in [0.25, 0.3) is 0 Å². The van der Waals surface area contributed by atoms with Gasteiger partial charge in [0, 0.05) is 11.8 Å². The minimum absolute atomic E-state index is 0.0198. The molecule has 0 aromatic heterocycles. The van der Waals surface area contributed by atoms with Crippen molar-refractivity contribution in [1.82, 2.24) is 5.32 Å². The molecule has 0 bridgehead atoms. The normalized spacial score (nSPS) is 18.9. The predicted octanol–water partition coefficient (Wildman–Crippen LogP) is 3.66. The number of rotatable bonds is 4. The van der Waals surface area contributed by atoms with Gasteiger partial charge in [-0.1, -0.05) is 54.1 Å². The molecular weight excluding hydrogens is 348 g/mol. The van der Waals surface area contributed by atoms with Crippen LogP contribution in [0.1, 0.15) is 34.5 Å². The van der Waals surface area contributed by atoms with Crippen molar-refractivity contribution in [2.45, 2.75) is 19.1 Å². The lowest BCUT2D eigenvalue weighted by Gasteiger charge is -2.30. The molecule has 0 fully saturated rings. The highest BCUT2D eigenvalue weighted by atomic mass is 16.5. The van der Waals surface area contributed by atoms with Crippen LogP contribution in [0.25, 0.3) is 5.70 Å². The van der Waals surface area contributed by atoms with Crippen LogP contribution in [0.2, 0.25) is 0 Å². The molecule has 0 spiro atoms. The molecule has 1 heterocycles. The summed E-state index contributed by atoms with van der Waals surface area (Å²) in [5, 5.41) is 16.3. The Kier molecular flexibility index (Phi) is 5.04. The van der Waals surface area contributed by atoms with Crippen LogP contribution in [0.3, 0.4) is 0 Å². The van der Waals surface area contributed by atoms with Crippen molar-refractivity contribution >= 4 is 5.70 Å². The van der Waals surface area contributed by atoms with Crippen LogP contribution in [0.5, 0.6) is 11.5 Å². The molecule has 4 heteroatoms. The highest BCUT2D eigenvalue weighted by Crippen LogP contribution is 2.31. The Labute approximate surface area is 165 Å². The Bertz CT molecular complexity index is 995. The highest BCUT2D eigenvalue weighted by Gasteiger charge is 2.30. The second-order valence-electron chi connectivity index (χ2n) is 7.09. The van der Waals surface area contributed by atoms with Crippen LogP contribution < -0.4 is 15.4 Å². The number of aromatic hydroxyl groups is 1. The van der Waals surface area contributed by atoms with Gasteiger partial charge in [-0.25, -0.2) is 0 Å². The van der Waals surface area contributed by atoms with Crippen molar-refractivity contribution in [3.63, 3.8) is 0 Å². The van der Waals surface area contributed by atoms with Gasteiger partial charge in [0.15, 0.2) is 6.17 Å². The number of methoxy groups -OCH3 is 1. The number of hydrogen-bond acceptors (Lipinski definition) is 3. The first-order valence-corrected chi connectivity index (χ1v) is 9.47. The molecule has 1 aliphatic heterocycles. The summed E-state index contributed by atoms with van der Waals surface area (Å²) in [6.45, 7) is 2.09. The molecule has 3 aromatic rings. The topological polar surface area (TPSA) is 58.1 Å². The molecule has 2 atom stereocenters. The average molecular weight is 373 g/mol. The van der Waals surface area contributed by atoms with E-state index in [0.717, 1.165) is 28.1 Å². The molecule has 3 aromatic carbocycles. The van der Waals surface area contributed by atoms with Gasteiger partial charge in [-0.3, -0.25) is 0 Å². The largest absolute Gasteiger partial charge is 0.507 e. The van der Waals surface area contributed by atoms with Gasteiger partial charge in [0.2, 0.25) is 0 Å². The van der Waals surface area contributed by atoms with Gasteiger partial charge >= 0.3 is 0 Å². The fourth-order valence-corrected chi connectivity index (χ4v) is 3.69. The van der Waals surface area contributed by atoms with Crippen LogP contribution in [-0.4, -0.2) is 12.2 Å². The van der Waals surface area contributed by atoms with Gasteiger partial charge in [0.05, 0.1) is 18.2 Å². The zero-order chi connectivity index (χ0) is 19.5. The molecule has 0 saturated carbocycles. The molecule has 0 amide bonds. The van der Waals surface area contributed by atoms with Crippen molar-refractivity contribution in [2.75, 3.05) is 7.11 Å². The van der Waals surface area contributed by atoms with E-state index in [2.05, 4.69) is 54.0 Å². The quantitative estimate of drug-likeness (QED) is 0.654. The summed E-state index contributed by atoms with van der Waals surface area (Å²) in [6.07, 6.45) is 2.13. The maximum absolute atomic E-state index is 10.4. The first-order valence-electron chi connectivity index (χ1n) is 9.47. The van der Waals surface area contributed by atoms with Gasteiger partial charge in [-0.15, -0.1) is 0 Å². The minimum atomic E-state index is -0.0398. The van der Waals surface area contributed by atoms with Gasteiger partial charge in [0.1, 0.15) is 17.5 Å². The van der Waals surface area contributed by atoms with E-state index in [1.54, 1.807) is 13.2 Å². The van der Waals surface area contributed by atoms with E-state index < -0.39 is 0 Å². The molecule has 0 radical (unpaired) electrons. The Balaban J connectivity index is 1.78. The van der Waals surface area contributed by atoms with Crippen molar-refractivity contribution in [3.8, 4) is 11.5 Å².